The van der Waals surface area contributed by atoms with Crippen LogP contribution in [-0.2, 0) is 25.6 Å². The minimum atomic E-state index is -0.919. The lowest BCUT2D eigenvalue weighted by Crippen LogP contribution is -2.50. The smallest absolute Gasteiger partial charge is 0.292 e. The van der Waals surface area contributed by atoms with Gasteiger partial charge in [0.1, 0.15) is 19.0 Å². The van der Waals surface area contributed by atoms with E-state index >= 15 is 0 Å². The molecule has 0 aromatic heterocycles. The topological polar surface area (TPSA) is 59.1 Å². The molecule has 2 amide bonds. The Morgan fingerprint density at radius 3 is 2.69 bits per heavy atom. The van der Waals surface area contributed by atoms with Gasteiger partial charge < -0.3 is 19.3 Å². The van der Waals surface area contributed by atoms with Gasteiger partial charge in [0, 0.05) is 26.2 Å². The van der Waals surface area contributed by atoms with E-state index in [2.05, 4.69) is 0 Å². The second-order valence-corrected chi connectivity index (χ2v) is 7.92. The number of ether oxygens (including phenoxy) is 2. The number of allylic oxidation sites excluding steroid dienone is 1. The Hall–Kier alpha value is -2.64. The molecule has 1 atom stereocenters. The highest BCUT2D eigenvalue weighted by Crippen LogP contribution is 2.41. The molecule has 6 nitrogen and oxygen atoms in total. The van der Waals surface area contributed by atoms with Crippen molar-refractivity contribution in [1.82, 2.24) is 9.80 Å². The van der Waals surface area contributed by atoms with E-state index in [-0.39, 0.29) is 24.1 Å². The maximum atomic E-state index is 13.5. The summed E-state index contributed by atoms with van der Waals surface area (Å²) in [6, 6.07) is 3.70. The number of nitrogens with zero attached hydrogens (tertiary/aromatic N) is 2. The van der Waals surface area contributed by atoms with Crippen LogP contribution in [0.4, 0.5) is 8.78 Å². The standard InChI is InChI=1S/C21H24F2N2O4/c1-14-18(29-10-9-28-14)19(26)25-8-6-21(13-25)5-2-7-24(20(21)27)12-15-3-4-16(22)17(23)11-15/h3-4,11H,2,5-10,12-13H2,1H3. The van der Waals surface area contributed by atoms with E-state index in [1.54, 1.807) is 16.7 Å². The molecule has 8 heteroatoms. The zero-order chi connectivity index (χ0) is 20.6. The Bertz CT molecular complexity index is 872. The Labute approximate surface area is 168 Å². The summed E-state index contributed by atoms with van der Waals surface area (Å²) in [7, 11) is 0. The van der Waals surface area contributed by atoms with Gasteiger partial charge in [0.15, 0.2) is 11.6 Å². The number of likely N-dealkylation sites (tertiary alicyclic amines) is 2. The third-order valence-electron chi connectivity index (χ3n) is 5.99. The number of hydrogen-bond acceptors (Lipinski definition) is 4. The molecule has 3 heterocycles. The highest BCUT2D eigenvalue weighted by atomic mass is 19.2. The normalized spacial score (nSPS) is 24.7. The van der Waals surface area contributed by atoms with E-state index in [0.717, 1.165) is 18.6 Å². The van der Waals surface area contributed by atoms with E-state index in [0.29, 0.717) is 57.0 Å². The molecular weight excluding hydrogens is 382 g/mol. The fraction of sp³-hybridized carbons (Fsp3) is 0.524. The molecule has 3 aliphatic heterocycles. The van der Waals surface area contributed by atoms with E-state index in [1.807, 2.05) is 0 Å². The van der Waals surface area contributed by atoms with Crippen LogP contribution in [0.25, 0.3) is 0 Å². The molecule has 29 heavy (non-hydrogen) atoms. The van der Waals surface area contributed by atoms with Crippen LogP contribution in [0.3, 0.4) is 0 Å². The monoisotopic (exact) mass is 406 g/mol. The number of hydrogen-bond donors (Lipinski definition) is 0. The lowest BCUT2D eigenvalue weighted by molar-refractivity contribution is -0.147. The SMILES string of the molecule is CC1=C(C(=O)N2CCC3(CCCN(Cc4ccc(F)c(F)c4)C3=O)C2)OCCO1. The molecule has 0 bridgehead atoms. The quantitative estimate of drug-likeness (QED) is 0.774. The second-order valence-electron chi connectivity index (χ2n) is 7.92. The first kappa shape index (κ1) is 19.7. The number of amides is 2. The van der Waals surface area contributed by atoms with Crippen LogP contribution in [0.15, 0.2) is 29.7 Å². The van der Waals surface area contributed by atoms with Crippen molar-refractivity contribution in [1.29, 1.82) is 0 Å². The van der Waals surface area contributed by atoms with Gasteiger partial charge in [0.05, 0.1) is 5.41 Å². The molecule has 1 aromatic rings. The number of carbonyl (C=O) groups is 2. The molecule has 0 radical (unpaired) electrons. The first-order chi connectivity index (χ1) is 13.9. The van der Waals surface area contributed by atoms with Gasteiger partial charge in [-0.15, -0.1) is 0 Å². The van der Waals surface area contributed by atoms with Gasteiger partial charge in [-0.1, -0.05) is 6.07 Å². The summed E-state index contributed by atoms with van der Waals surface area (Å²) in [5.41, 5.74) is -0.0787. The molecule has 2 saturated heterocycles. The van der Waals surface area contributed by atoms with Crippen molar-refractivity contribution < 1.29 is 27.8 Å². The predicted molar refractivity (Wildman–Crippen MR) is 99.2 cm³/mol. The maximum absolute atomic E-state index is 13.5. The summed E-state index contributed by atoms with van der Waals surface area (Å²) in [6.07, 6.45) is 2.09. The van der Waals surface area contributed by atoms with Crippen LogP contribution in [0.2, 0.25) is 0 Å². The zero-order valence-corrected chi connectivity index (χ0v) is 16.4. The highest BCUT2D eigenvalue weighted by molar-refractivity contribution is 5.93. The largest absolute Gasteiger partial charge is 0.491 e. The maximum Gasteiger partial charge on any atom is 0.292 e. The molecule has 0 N–H and O–H groups in total. The number of piperidine rings is 1. The summed E-state index contributed by atoms with van der Waals surface area (Å²) >= 11 is 0. The van der Waals surface area contributed by atoms with Crippen LogP contribution in [0.1, 0.15) is 31.7 Å². The lowest BCUT2D eigenvalue weighted by Gasteiger charge is -2.39. The number of carbonyl (C=O) groups excluding carboxylic acids is 2. The average Bonchev–Trinajstić information content (AvgIpc) is 3.13. The Morgan fingerprint density at radius 2 is 1.93 bits per heavy atom. The molecule has 3 aliphatic rings. The highest BCUT2D eigenvalue weighted by Gasteiger charge is 2.50. The predicted octanol–water partition coefficient (Wildman–Crippen LogP) is 2.58. The summed E-state index contributed by atoms with van der Waals surface area (Å²) in [4.78, 5) is 29.5. The van der Waals surface area contributed by atoms with Gasteiger partial charge in [-0.2, -0.15) is 0 Å². The van der Waals surface area contributed by atoms with Crippen molar-refractivity contribution in [2.24, 2.45) is 5.41 Å². The minimum absolute atomic E-state index is 0.0321. The van der Waals surface area contributed by atoms with Crippen LogP contribution < -0.4 is 0 Å². The summed E-state index contributed by atoms with van der Waals surface area (Å²) in [5.74, 6) is -1.41. The molecule has 4 rings (SSSR count). The van der Waals surface area contributed by atoms with E-state index in [9.17, 15) is 18.4 Å². The molecule has 1 unspecified atom stereocenters. The van der Waals surface area contributed by atoms with Gasteiger partial charge >= 0.3 is 0 Å². The Morgan fingerprint density at radius 1 is 1.14 bits per heavy atom. The number of rotatable bonds is 3. The van der Waals surface area contributed by atoms with Crippen molar-refractivity contribution in [2.75, 3.05) is 32.8 Å². The molecule has 0 aliphatic carbocycles. The first-order valence-corrected chi connectivity index (χ1v) is 9.89. The molecule has 2 fully saturated rings. The Balaban J connectivity index is 1.47. The van der Waals surface area contributed by atoms with Gasteiger partial charge in [0.2, 0.25) is 11.7 Å². The van der Waals surface area contributed by atoms with Crippen molar-refractivity contribution in [2.45, 2.75) is 32.7 Å². The Kier molecular flexibility index (Phi) is 5.19. The summed E-state index contributed by atoms with van der Waals surface area (Å²) < 4.78 is 37.6. The van der Waals surface area contributed by atoms with Crippen LogP contribution in [0.5, 0.6) is 0 Å². The van der Waals surface area contributed by atoms with Gasteiger partial charge in [-0.05, 0) is 43.9 Å². The number of halogens is 2. The third-order valence-corrected chi connectivity index (χ3v) is 5.99. The van der Waals surface area contributed by atoms with E-state index in [1.165, 1.54) is 6.07 Å². The van der Waals surface area contributed by atoms with Crippen LogP contribution in [0, 0.1) is 17.0 Å². The van der Waals surface area contributed by atoms with Crippen LogP contribution in [-0.4, -0.2) is 54.5 Å². The van der Waals surface area contributed by atoms with Gasteiger partial charge in [-0.3, -0.25) is 9.59 Å². The molecule has 1 aromatic carbocycles. The van der Waals surface area contributed by atoms with Crippen molar-refractivity contribution in [3.05, 3.63) is 46.9 Å². The van der Waals surface area contributed by atoms with Crippen molar-refractivity contribution >= 4 is 11.8 Å². The summed E-state index contributed by atoms with van der Waals surface area (Å²) in [6.45, 7) is 4.06. The minimum Gasteiger partial charge on any atom is -0.491 e. The van der Waals surface area contributed by atoms with E-state index < -0.39 is 17.0 Å². The number of benzene rings is 1. The summed E-state index contributed by atoms with van der Waals surface area (Å²) in [5, 5.41) is 0. The fourth-order valence-electron chi connectivity index (χ4n) is 4.45. The lowest BCUT2D eigenvalue weighted by atomic mass is 9.78. The first-order valence-electron chi connectivity index (χ1n) is 9.89. The van der Waals surface area contributed by atoms with Crippen molar-refractivity contribution in [3.63, 3.8) is 0 Å². The zero-order valence-electron chi connectivity index (χ0n) is 16.4. The third kappa shape index (κ3) is 3.68. The average molecular weight is 406 g/mol. The molecule has 156 valence electrons. The van der Waals surface area contributed by atoms with Crippen molar-refractivity contribution in [3.8, 4) is 0 Å². The second kappa shape index (κ2) is 7.65. The van der Waals surface area contributed by atoms with E-state index in [4.69, 9.17) is 9.47 Å². The van der Waals surface area contributed by atoms with Gasteiger partial charge in [-0.25, -0.2) is 8.78 Å². The van der Waals surface area contributed by atoms with Crippen LogP contribution >= 0.6 is 0 Å². The molecule has 0 saturated carbocycles. The molecular formula is C21H24F2N2O4. The van der Waals surface area contributed by atoms with Gasteiger partial charge in [0.25, 0.3) is 5.91 Å². The molecule has 1 spiro atoms. The fourth-order valence-corrected chi connectivity index (χ4v) is 4.45.